The highest BCUT2D eigenvalue weighted by atomic mass is 15.0. The molecule has 94 valence electrons. The van der Waals surface area contributed by atoms with E-state index in [0.29, 0.717) is 6.54 Å². The standard InChI is InChI=1S/C15H14N4/c1-11-4-5-14-13(7-11)15(19-10-18-14)17-9-12-3-2-6-16-8-12/h2-8,10H,9H2,1H3,(H,17,18,19). The molecule has 0 saturated heterocycles. The third-order valence-electron chi connectivity index (χ3n) is 2.97. The summed E-state index contributed by atoms with van der Waals surface area (Å²) in [5.41, 5.74) is 3.28. The smallest absolute Gasteiger partial charge is 0.137 e. The van der Waals surface area contributed by atoms with E-state index in [9.17, 15) is 0 Å². The van der Waals surface area contributed by atoms with Crippen LogP contribution in [0.25, 0.3) is 10.9 Å². The van der Waals surface area contributed by atoms with Gasteiger partial charge in [-0.2, -0.15) is 0 Å². The lowest BCUT2D eigenvalue weighted by Crippen LogP contribution is -2.02. The van der Waals surface area contributed by atoms with E-state index in [1.54, 1.807) is 12.5 Å². The Morgan fingerprint density at radius 3 is 2.95 bits per heavy atom. The van der Waals surface area contributed by atoms with Crippen molar-refractivity contribution in [1.82, 2.24) is 15.0 Å². The van der Waals surface area contributed by atoms with Crippen molar-refractivity contribution in [2.45, 2.75) is 13.5 Å². The normalized spacial score (nSPS) is 10.6. The summed E-state index contributed by atoms with van der Waals surface area (Å²) in [6.45, 7) is 2.77. The molecule has 0 unspecified atom stereocenters. The second-order valence-electron chi connectivity index (χ2n) is 4.46. The fourth-order valence-electron chi connectivity index (χ4n) is 2.00. The minimum absolute atomic E-state index is 0.702. The molecular weight excluding hydrogens is 236 g/mol. The van der Waals surface area contributed by atoms with Gasteiger partial charge in [-0.15, -0.1) is 0 Å². The second-order valence-corrected chi connectivity index (χ2v) is 4.46. The van der Waals surface area contributed by atoms with Crippen LogP contribution in [0.15, 0.2) is 49.1 Å². The number of hydrogen-bond acceptors (Lipinski definition) is 4. The van der Waals surface area contributed by atoms with Crippen LogP contribution in [0, 0.1) is 6.92 Å². The lowest BCUT2D eigenvalue weighted by Gasteiger charge is -2.08. The van der Waals surface area contributed by atoms with Crippen LogP contribution >= 0.6 is 0 Å². The molecule has 0 fully saturated rings. The van der Waals surface area contributed by atoms with Crippen molar-refractivity contribution in [2.24, 2.45) is 0 Å². The first-order valence-corrected chi connectivity index (χ1v) is 6.17. The van der Waals surface area contributed by atoms with Gasteiger partial charge in [0.05, 0.1) is 5.52 Å². The van der Waals surface area contributed by atoms with Crippen molar-refractivity contribution in [2.75, 3.05) is 5.32 Å². The molecule has 2 heterocycles. The number of pyridine rings is 1. The monoisotopic (exact) mass is 250 g/mol. The molecule has 4 heteroatoms. The molecule has 4 nitrogen and oxygen atoms in total. The number of anilines is 1. The van der Waals surface area contributed by atoms with Crippen molar-refractivity contribution in [3.63, 3.8) is 0 Å². The predicted octanol–water partition coefficient (Wildman–Crippen LogP) is 2.95. The molecule has 0 aliphatic carbocycles. The minimum Gasteiger partial charge on any atom is -0.365 e. The Bertz CT molecular complexity index is 695. The Morgan fingerprint density at radius 2 is 2.11 bits per heavy atom. The molecule has 0 saturated carbocycles. The minimum atomic E-state index is 0.702. The molecular formula is C15H14N4. The zero-order valence-electron chi connectivity index (χ0n) is 10.7. The Kier molecular flexibility index (Phi) is 3.06. The Morgan fingerprint density at radius 1 is 1.16 bits per heavy atom. The van der Waals surface area contributed by atoms with Crippen molar-refractivity contribution in [1.29, 1.82) is 0 Å². The van der Waals surface area contributed by atoms with Gasteiger partial charge in [0, 0.05) is 24.3 Å². The van der Waals surface area contributed by atoms with E-state index in [0.717, 1.165) is 22.3 Å². The molecule has 0 spiro atoms. The summed E-state index contributed by atoms with van der Waals surface area (Å²) in [7, 11) is 0. The highest BCUT2D eigenvalue weighted by Gasteiger charge is 2.03. The van der Waals surface area contributed by atoms with E-state index in [2.05, 4.69) is 39.3 Å². The molecule has 0 aliphatic rings. The first-order chi connectivity index (χ1) is 9.33. The van der Waals surface area contributed by atoms with Crippen LogP contribution in [0.1, 0.15) is 11.1 Å². The van der Waals surface area contributed by atoms with Crippen molar-refractivity contribution in [3.8, 4) is 0 Å². The molecule has 1 aromatic carbocycles. The van der Waals surface area contributed by atoms with Crippen molar-refractivity contribution in [3.05, 3.63) is 60.2 Å². The lowest BCUT2D eigenvalue weighted by atomic mass is 10.1. The summed E-state index contributed by atoms with van der Waals surface area (Å²) in [6, 6.07) is 10.1. The number of aromatic nitrogens is 3. The topological polar surface area (TPSA) is 50.7 Å². The highest BCUT2D eigenvalue weighted by molar-refractivity contribution is 5.89. The number of aryl methyl sites for hydroxylation is 1. The fraction of sp³-hybridized carbons (Fsp3) is 0.133. The second kappa shape index (κ2) is 5.02. The molecule has 1 N–H and O–H groups in total. The van der Waals surface area contributed by atoms with Gasteiger partial charge in [-0.05, 0) is 30.7 Å². The average Bonchev–Trinajstić information content (AvgIpc) is 2.46. The number of rotatable bonds is 3. The zero-order valence-corrected chi connectivity index (χ0v) is 10.7. The summed E-state index contributed by atoms with van der Waals surface area (Å²) in [5.74, 6) is 0.859. The summed E-state index contributed by atoms with van der Waals surface area (Å²) in [5, 5.41) is 4.39. The van der Waals surface area contributed by atoms with Crippen molar-refractivity contribution >= 4 is 16.7 Å². The van der Waals surface area contributed by atoms with Crippen LogP contribution in [0.2, 0.25) is 0 Å². The summed E-state index contributed by atoms with van der Waals surface area (Å²) >= 11 is 0. The third kappa shape index (κ3) is 2.52. The Hall–Kier alpha value is -2.49. The van der Waals surface area contributed by atoms with Gasteiger partial charge in [0.25, 0.3) is 0 Å². The van der Waals surface area contributed by atoms with E-state index >= 15 is 0 Å². The lowest BCUT2D eigenvalue weighted by molar-refractivity contribution is 1.08. The maximum absolute atomic E-state index is 4.32. The zero-order chi connectivity index (χ0) is 13.1. The Labute approximate surface area is 111 Å². The third-order valence-corrected chi connectivity index (χ3v) is 2.97. The number of benzene rings is 1. The van der Waals surface area contributed by atoms with Gasteiger partial charge in [-0.25, -0.2) is 9.97 Å². The predicted molar refractivity (Wildman–Crippen MR) is 75.8 cm³/mol. The van der Waals surface area contributed by atoms with E-state index in [1.807, 2.05) is 24.4 Å². The molecule has 2 aromatic heterocycles. The average molecular weight is 250 g/mol. The first-order valence-electron chi connectivity index (χ1n) is 6.17. The van der Waals surface area contributed by atoms with Gasteiger partial charge in [0.1, 0.15) is 12.1 Å². The van der Waals surface area contributed by atoms with E-state index < -0.39 is 0 Å². The molecule has 0 amide bonds. The molecule has 0 atom stereocenters. The SMILES string of the molecule is Cc1ccc2ncnc(NCc3cccnc3)c2c1. The van der Waals surface area contributed by atoms with E-state index in [-0.39, 0.29) is 0 Å². The largest absolute Gasteiger partial charge is 0.365 e. The van der Waals surface area contributed by atoms with Crippen LogP contribution in [-0.4, -0.2) is 15.0 Å². The first kappa shape index (κ1) is 11.6. The van der Waals surface area contributed by atoms with Crippen LogP contribution in [0.3, 0.4) is 0 Å². The summed E-state index contributed by atoms with van der Waals surface area (Å²) in [6.07, 6.45) is 5.21. The highest BCUT2D eigenvalue weighted by Crippen LogP contribution is 2.20. The van der Waals surface area contributed by atoms with Crippen LogP contribution in [-0.2, 0) is 6.54 Å². The van der Waals surface area contributed by atoms with Gasteiger partial charge >= 0.3 is 0 Å². The molecule has 3 rings (SSSR count). The maximum Gasteiger partial charge on any atom is 0.137 e. The number of nitrogens with one attached hydrogen (secondary N) is 1. The number of nitrogens with zero attached hydrogens (tertiary/aromatic N) is 3. The molecule has 0 radical (unpaired) electrons. The van der Waals surface area contributed by atoms with Gasteiger partial charge in [0.2, 0.25) is 0 Å². The Balaban J connectivity index is 1.90. The number of hydrogen-bond donors (Lipinski definition) is 1. The van der Waals surface area contributed by atoms with Crippen LogP contribution in [0.4, 0.5) is 5.82 Å². The van der Waals surface area contributed by atoms with Crippen molar-refractivity contribution < 1.29 is 0 Å². The molecule has 3 aromatic rings. The van der Waals surface area contributed by atoms with Crippen LogP contribution in [0.5, 0.6) is 0 Å². The molecule has 0 bridgehead atoms. The van der Waals surface area contributed by atoms with Gasteiger partial charge in [-0.3, -0.25) is 4.98 Å². The summed E-state index contributed by atoms with van der Waals surface area (Å²) in [4.78, 5) is 12.7. The summed E-state index contributed by atoms with van der Waals surface area (Å²) < 4.78 is 0. The number of fused-ring (bicyclic) bond motifs is 1. The van der Waals surface area contributed by atoms with Gasteiger partial charge in [0.15, 0.2) is 0 Å². The maximum atomic E-state index is 4.32. The quantitative estimate of drug-likeness (QED) is 0.776. The fourth-order valence-corrected chi connectivity index (χ4v) is 2.00. The van der Waals surface area contributed by atoms with Gasteiger partial charge in [-0.1, -0.05) is 17.7 Å². The van der Waals surface area contributed by atoms with Crippen LogP contribution < -0.4 is 5.32 Å². The molecule has 19 heavy (non-hydrogen) atoms. The van der Waals surface area contributed by atoms with E-state index in [4.69, 9.17) is 0 Å². The van der Waals surface area contributed by atoms with E-state index in [1.165, 1.54) is 5.56 Å². The molecule has 0 aliphatic heterocycles. The van der Waals surface area contributed by atoms with Gasteiger partial charge < -0.3 is 5.32 Å².